The van der Waals surface area contributed by atoms with E-state index in [2.05, 4.69) is 0 Å². The number of hydrogen-bond donors (Lipinski definition) is 1. The number of alkyl halides is 3. The Balaban J connectivity index is 1.84. The molecule has 0 aromatic heterocycles. The van der Waals surface area contributed by atoms with Crippen LogP contribution in [-0.2, 0) is 4.74 Å². The molecule has 6 heteroatoms. The van der Waals surface area contributed by atoms with Crippen LogP contribution in [0.2, 0.25) is 0 Å². The first-order valence-electron chi connectivity index (χ1n) is 4.22. The number of rotatable bonds is 0. The number of halogens is 3. The Kier molecular flexibility index (Phi) is 1.15. The Labute approximate surface area is 72.6 Å². The van der Waals surface area contributed by atoms with E-state index >= 15 is 0 Å². The quantitative estimate of drug-likeness (QED) is 0.554. The van der Waals surface area contributed by atoms with Gasteiger partial charge in [0.2, 0.25) is 0 Å². The third-order valence-corrected chi connectivity index (χ3v) is 3.55. The summed E-state index contributed by atoms with van der Waals surface area (Å²) < 4.78 is 42.3. The Bertz CT molecular complexity index is 261. The van der Waals surface area contributed by atoms with Crippen LogP contribution in [-0.4, -0.2) is 41.5 Å². The molecule has 2 N–H and O–H groups in total. The number of likely N-dealkylation sites (tertiary alicyclic amines) is 1. The highest BCUT2D eigenvalue weighted by Gasteiger charge is 2.81. The van der Waals surface area contributed by atoms with Gasteiger partial charge in [0.25, 0.3) is 0 Å². The molecular formula is C7H9F3N2O. The molecule has 3 fully saturated rings. The van der Waals surface area contributed by atoms with E-state index in [0.29, 0.717) is 11.3 Å². The van der Waals surface area contributed by atoms with E-state index < -0.39 is 24.0 Å². The molecule has 1 aliphatic carbocycles. The van der Waals surface area contributed by atoms with Crippen LogP contribution in [0.5, 0.6) is 0 Å². The summed E-state index contributed by atoms with van der Waals surface area (Å²) in [5.41, 5.74) is 5.00. The molecule has 0 aromatic rings. The maximum absolute atomic E-state index is 12.4. The van der Waals surface area contributed by atoms with Crippen molar-refractivity contribution in [3.05, 3.63) is 0 Å². The van der Waals surface area contributed by atoms with Crippen molar-refractivity contribution in [2.75, 3.05) is 6.61 Å². The molecule has 0 amide bonds. The van der Waals surface area contributed by atoms with Gasteiger partial charge in [0.1, 0.15) is 5.60 Å². The smallest absolute Gasteiger partial charge is 0.368 e. The third-order valence-electron chi connectivity index (χ3n) is 3.55. The predicted octanol–water partition coefficient (Wildman–Crippen LogP) is 0.0590. The average Bonchev–Trinajstić information content (AvgIpc) is 1.91. The molecule has 4 unspecified atom stereocenters. The van der Waals surface area contributed by atoms with Crippen molar-refractivity contribution in [2.45, 2.75) is 36.4 Å². The largest absolute Gasteiger partial charge is 0.460 e. The van der Waals surface area contributed by atoms with Crippen LogP contribution in [0, 0.1) is 0 Å². The van der Waals surface area contributed by atoms with Gasteiger partial charge in [-0.3, -0.25) is 0 Å². The van der Waals surface area contributed by atoms with Gasteiger partial charge in [0, 0.05) is 6.04 Å². The van der Waals surface area contributed by atoms with Crippen LogP contribution >= 0.6 is 0 Å². The third kappa shape index (κ3) is 0.628. The topological polar surface area (TPSA) is 38.5 Å². The van der Waals surface area contributed by atoms with E-state index in [9.17, 15) is 13.2 Å². The van der Waals surface area contributed by atoms with Crippen molar-refractivity contribution in [1.82, 2.24) is 4.90 Å². The minimum Gasteiger partial charge on any atom is -0.368 e. The van der Waals surface area contributed by atoms with Crippen molar-refractivity contribution in [3.63, 3.8) is 0 Å². The van der Waals surface area contributed by atoms with E-state index in [0.717, 1.165) is 0 Å². The van der Waals surface area contributed by atoms with Gasteiger partial charge in [-0.25, -0.2) is 0 Å². The van der Waals surface area contributed by atoms with Gasteiger partial charge in [0.15, 0.2) is 0 Å². The predicted molar refractivity (Wildman–Crippen MR) is 36.7 cm³/mol. The lowest BCUT2D eigenvalue weighted by atomic mass is 9.55. The van der Waals surface area contributed by atoms with Gasteiger partial charge in [0.05, 0.1) is 18.7 Å². The minimum atomic E-state index is -4.22. The minimum absolute atomic E-state index is 0.170. The number of piperidine rings is 1. The van der Waals surface area contributed by atoms with Crippen LogP contribution in [0.1, 0.15) is 6.42 Å². The first kappa shape index (κ1) is 8.02. The molecule has 1 spiro atoms. The molecule has 3 nitrogen and oxygen atoms in total. The fourth-order valence-corrected chi connectivity index (χ4v) is 2.84. The first-order chi connectivity index (χ1) is 5.98. The summed E-state index contributed by atoms with van der Waals surface area (Å²) in [6.45, 7) is 0.170. The monoisotopic (exact) mass is 194 g/mol. The van der Waals surface area contributed by atoms with E-state index in [-0.39, 0.29) is 12.6 Å². The molecule has 0 radical (unpaired) electrons. The van der Waals surface area contributed by atoms with Crippen molar-refractivity contribution in [3.8, 4) is 0 Å². The van der Waals surface area contributed by atoms with Crippen LogP contribution in [0.15, 0.2) is 0 Å². The molecule has 3 rings (SSSR count). The molecule has 0 aromatic carbocycles. The fourth-order valence-electron chi connectivity index (χ4n) is 2.84. The highest BCUT2D eigenvalue weighted by atomic mass is 19.4. The van der Waals surface area contributed by atoms with Crippen LogP contribution in [0.4, 0.5) is 13.2 Å². The number of nitrogens with two attached hydrogens (primary N) is 1. The second-order valence-corrected chi connectivity index (χ2v) is 3.91. The Morgan fingerprint density at radius 3 is 2.38 bits per heavy atom. The van der Waals surface area contributed by atoms with Gasteiger partial charge in [-0.15, -0.1) is 0 Å². The zero-order valence-electron chi connectivity index (χ0n) is 6.71. The van der Waals surface area contributed by atoms with Gasteiger partial charge < -0.3 is 10.5 Å². The molecule has 2 saturated heterocycles. The Morgan fingerprint density at radius 2 is 2.08 bits per heavy atom. The standard InChI is InChI=1S/C7H9F3N2O/c8-7(9,10)12-4-1-3(11)6(4)5(12)2-13-6/h3-5H,1-2,11H2. The maximum atomic E-state index is 12.4. The summed E-state index contributed by atoms with van der Waals surface area (Å²) in [5, 5.41) is 0. The molecule has 3 aliphatic rings. The van der Waals surface area contributed by atoms with Gasteiger partial charge in [-0.1, -0.05) is 0 Å². The van der Waals surface area contributed by atoms with Crippen LogP contribution < -0.4 is 5.73 Å². The highest BCUT2D eigenvalue weighted by molar-refractivity contribution is 5.31. The maximum Gasteiger partial charge on any atom is 0.460 e. The fraction of sp³-hybridized carbons (Fsp3) is 1.00. The average molecular weight is 194 g/mol. The normalized spacial score (nSPS) is 54.0. The molecular weight excluding hydrogens is 185 g/mol. The molecule has 2 aliphatic heterocycles. The second-order valence-electron chi connectivity index (χ2n) is 3.91. The van der Waals surface area contributed by atoms with Crippen molar-refractivity contribution >= 4 is 0 Å². The Morgan fingerprint density at radius 1 is 1.38 bits per heavy atom. The SMILES string of the molecule is NC1CC2N(C(F)(F)F)C3COC132. The number of hydrogen-bond acceptors (Lipinski definition) is 3. The highest BCUT2D eigenvalue weighted by Crippen LogP contribution is 2.61. The van der Waals surface area contributed by atoms with Gasteiger partial charge >= 0.3 is 6.30 Å². The molecule has 2 heterocycles. The summed E-state index contributed by atoms with van der Waals surface area (Å²) in [5.74, 6) is 0. The van der Waals surface area contributed by atoms with E-state index in [1.807, 2.05) is 0 Å². The van der Waals surface area contributed by atoms with E-state index in [4.69, 9.17) is 10.5 Å². The number of nitrogens with zero attached hydrogens (tertiary/aromatic N) is 1. The van der Waals surface area contributed by atoms with Crippen molar-refractivity contribution in [1.29, 1.82) is 0 Å². The summed E-state index contributed by atoms with van der Waals surface area (Å²) in [6, 6.07) is -1.22. The lowest BCUT2D eigenvalue weighted by Gasteiger charge is -2.77. The molecule has 1 saturated carbocycles. The zero-order valence-corrected chi connectivity index (χ0v) is 6.71. The van der Waals surface area contributed by atoms with E-state index in [1.165, 1.54) is 0 Å². The second kappa shape index (κ2) is 1.87. The molecule has 13 heavy (non-hydrogen) atoms. The van der Waals surface area contributed by atoms with Gasteiger partial charge in [-0.05, 0) is 6.42 Å². The molecule has 4 atom stereocenters. The zero-order chi connectivity index (χ0) is 9.43. The summed E-state index contributed by atoms with van der Waals surface area (Å²) >= 11 is 0. The first-order valence-corrected chi connectivity index (χ1v) is 4.22. The summed E-state index contributed by atoms with van der Waals surface area (Å²) in [6.07, 6.45) is -3.82. The van der Waals surface area contributed by atoms with Crippen molar-refractivity contribution < 1.29 is 17.9 Å². The Hall–Kier alpha value is -0.330. The summed E-state index contributed by atoms with van der Waals surface area (Å²) in [7, 11) is 0. The number of ether oxygens (including phenoxy) is 1. The number of morpholine rings is 1. The lowest BCUT2D eigenvalue weighted by Crippen LogP contribution is -2.97. The van der Waals surface area contributed by atoms with Crippen molar-refractivity contribution in [2.24, 2.45) is 5.73 Å². The molecule has 74 valence electrons. The summed E-state index contributed by atoms with van der Waals surface area (Å²) in [4.78, 5) is 0.583. The van der Waals surface area contributed by atoms with E-state index in [1.54, 1.807) is 0 Å². The van der Waals surface area contributed by atoms with Crippen LogP contribution in [0.3, 0.4) is 0 Å². The molecule has 0 bridgehead atoms. The van der Waals surface area contributed by atoms with Crippen LogP contribution in [0.25, 0.3) is 0 Å². The lowest BCUT2D eigenvalue weighted by molar-refractivity contribution is -0.450. The van der Waals surface area contributed by atoms with Gasteiger partial charge in [-0.2, -0.15) is 18.1 Å².